The summed E-state index contributed by atoms with van der Waals surface area (Å²) in [4.78, 5) is 36.1. The van der Waals surface area contributed by atoms with Gasteiger partial charge in [0.1, 0.15) is 0 Å². The van der Waals surface area contributed by atoms with Crippen LogP contribution in [0.15, 0.2) is 29.3 Å². The quantitative estimate of drug-likeness (QED) is 0.755. The Morgan fingerprint density at radius 3 is 2.60 bits per heavy atom. The van der Waals surface area contributed by atoms with E-state index in [9.17, 15) is 9.59 Å². The SMILES string of the molecule is CN1C(=O)CCCC1CN1CCN(c2ccc3c(=O)n(CC4CC4)cnc3c2)CC1. The lowest BCUT2D eigenvalue weighted by atomic mass is 10.0. The Morgan fingerprint density at radius 2 is 1.83 bits per heavy atom. The van der Waals surface area contributed by atoms with Gasteiger partial charge < -0.3 is 9.80 Å². The zero-order chi connectivity index (χ0) is 20.7. The lowest BCUT2D eigenvalue weighted by Gasteiger charge is -2.40. The van der Waals surface area contributed by atoms with Gasteiger partial charge in [0, 0.05) is 64.5 Å². The number of hydrogen-bond donors (Lipinski definition) is 0. The number of piperazine rings is 1. The molecular formula is C23H31N5O2. The van der Waals surface area contributed by atoms with Crippen LogP contribution in [-0.2, 0) is 11.3 Å². The summed E-state index contributed by atoms with van der Waals surface area (Å²) < 4.78 is 1.77. The predicted molar refractivity (Wildman–Crippen MR) is 118 cm³/mol. The summed E-state index contributed by atoms with van der Waals surface area (Å²) in [5, 5.41) is 0.713. The van der Waals surface area contributed by atoms with Gasteiger partial charge in [-0.2, -0.15) is 0 Å². The maximum Gasteiger partial charge on any atom is 0.261 e. The van der Waals surface area contributed by atoms with Crippen LogP contribution >= 0.6 is 0 Å². The molecule has 1 amide bonds. The summed E-state index contributed by atoms with van der Waals surface area (Å²) in [5.74, 6) is 0.939. The molecule has 1 atom stereocenters. The first kappa shape index (κ1) is 19.5. The molecule has 3 fully saturated rings. The summed E-state index contributed by atoms with van der Waals surface area (Å²) in [7, 11) is 1.95. The smallest absolute Gasteiger partial charge is 0.261 e. The topological polar surface area (TPSA) is 61.7 Å². The lowest BCUT2D eigenvalue weighted by molar-refractivity contribution is -0.135. The van der Waals surface area contributed by atoms with Gasteiger partial charge >= 0.3 is 0 Å². The second kappa shape index (κ2) is 8.02. The predicted octanol–water partition coefficient (Wildman–Crippen LogP) is 1.94. The fourth-order valence-corrected chi connectivity index (χ4v) is 4.82. The van der Waals surface area contributed by atoms with Crippen LogP contribution in [0.5, 0.6) is 0 Å². The van der Waals surface area contributed by atoms with Gasteiger partial charge in [-0.05, 0) is 49.8 Å². The Kier molecular flexibility index (Phi) is 5.23. The van der Waals surface area contributed by atoms with Crippen LogP contribution in [0.1, 0.15) is 32.1 Å². The number of rotatable bonds is 5. The van der Waals surface area contributed by atoms with Gasteiger partial charge in [-0.3, -0.25) is 19.1 Å². The highest BCUT2D eigenvalue weighted by Gasteiger charge is 2.28. The Bertz CT molecular complexity index is 991. The molecule has 5 rings (SSSR count). The number of piperidine rings is 1. The number of anilines is 1. The number of fused-ring (bicyclic) bond motifs is 1. The van der Waals surface area contributed by atoms with Gasteiger partial charge in [0.15, 0.2) is 0 Å². The molecule has 7 heteroatoms. The minimum absolute atomic E-state index is 0.0782. The van der Waals surface area contributed by atoms with Crippen molar-refractivity contribution < 1.29 is 4.79 Å². The summed E-state index contributed by atoms with van der Waals surface area (Å²) >= 11 is 0. The first-order valence-corrected chi connectivity index (χ1v) is 11.3. The lowest BCUT2D eigenvalue weighted by Crippen LogP contribution is -2.52. The summed E-state index contributed by atoms with van der Waals surface area (Å²) in [5.41, 5.74) is 2.00. The van der Waals surface area contributed by atoms with E-state index in [0.717, 1.165) is 63.3 Å². The third-order valence-corrected chi connectivity index (χ3v) is 7.04. The van der Waals surface area contributed by atoms with Crippen molar-refractivity contribution >= 4 is 22.5 Å². The van der Waals surface area contributed by atoms with E-state index in [1.54, 1.807) is 10.9 Å². The van der Waals surface area contributed by atoms with E-state index in [2.05, 4.69) is 26.9 Å². The van der Waals surface area contributed by atoms with Crippen molar-refractivity contribution in [2.24, 2.45) is 5.92 Å². The molecule has 1 unspecified atom stereocenters. The first-order valence-electron chi connectivity index (χ1n) is 11.3. The summed E-state index contributed by atoms with van der Waals surface area (Å²) in [6, 6.07) is 6.41. The maximum absolute atomic E-state index is 12.7. The zero-order valence-corrected chi connectivity index (χ0v) is 17.8. The Labute approximate surface area is 177 Å². The van der Waals surface area contributed by atoms with Crippen LogP contribution in [0.4, 0.5) is 5.69 Å². The molecule has 7 nitrogen and oxygen atoms in total. The molecule has 1 aliphatic carbocycles. The van der Waals surface area contributed by atoms with Crippen LogP contribution in [0.3, 0.4) is 0 Å². The van der Waals surface area contributed by atoms with Crippen molar-refractivity contribution in [3.05, 3.63) is 34.9 Å². The Balaban J connectivity index is 1.23. The fourth-order valence-electron chi connectivity index (χ4n) is 4.82. The Morgan fingerprint density at radius 1 is 1.03 bits per heavy atom. The molecule has 1 aromatic carbocycles. The average molecular weight is 410 g/mol. The number of carbonyl (C=O) groups excluding carboxylic acids is 1. The second-order valence-electron chi connectivity index (χ2n) is 9.19. The molecule has 3 heterocycles. The molecule has 0 radical (unpaired) electrons. The highest BCUT2D eigenvalue weighted by molar-refractivity contribution is 5.81. The fraction of sp³-hybridized carbons (Fsp3) is 0.609. The number of benzene rings is 1. The van der Waals surface area contributed by atoms with Crippen molar-refractivity contribution in [3.63, 3.8) is 0 Å². The van der Waals surface area contributed by atoms with Crippen molar-refractivity contribution in [2.45, 2.75) is 44.7 Å². The van der Waals surface area contributed by atoms with Crippen LogP contribution in [0, 0.1) is 5.92 Å². The molecule has 0 N–H and O–H groups in total. The van der Waals surface area contributed by atoms with Crippen molar-refractivity contribution in [3.8, 4) is 0 Å². The minimum Gasteiger partial charge on any atom is -0.369 e. The monoisotopic (exact) mass is 409 g/mol. The largest absolute Gasteiger partial charge is 0.369 e. The third kappa shape index (κ3) is 3.95. The molecule has 0 spiro atoms. The Hall–Kier alpha value is -2.41. The average Bonchev–Trinajstić information content (AvgIpc) is 3.58. The standard InChI is InChI=1S/C23H31N5O2/c1-25-19(3-2-4-22(25)29)15-26-9-11-27(12-10-26)18-7-8-20-21(13-18)24-16-28(23(20)30)14-17-5-6-17/h7-8,13,16-17,19H,2-6,9-12,14-15H2,1H3. The van der Waals surface area contributed by atoms with E-state index in [1.165, 1.54) is 12.8 Å². The molecule has 160 valence electrons. The van der Waals surface area contributed by atoms with E-state index >= 15 is 0 Å². The number of amides is 1. The van der Waals surface area contributed by atoms with Crippen LogP contribution in [-0.4, -0.2) is 71.1 Å². The number of aromatic nitrogens is 2. The normalized spacial score (nSPS) is 23.4. The van der Waals surface area contributed by atoms with Crippen molar-refractivity contribution in [2.75, 3.05) is 44.7 Å². The van der Waals surface area contributed by atoms with Gasteiger partial charge in [-0.25, -0.2) is 4.98 Å². The molecule has 2 aromatic rings. The van der Waals surface area contributed by atoms with Crippen molar-refractivity contribution in [1.82, 2.24) is 19.4 Å². The highest BCUT2D eigenvalue weighted by atomic mass is 16.2. The third-order valence-electron chi connectivity index (χ3n) is 7.04. The number of hydrogen-bond acceptors (Lipinski definition) is 5. The minimum atomic E-state index is 0.0782. The van der Waals surface area contributed by atoms with E-state index in [-0.39, 0.29) is 11.5 Å². The van der Waals surface area contributed by atoms with Gasteiger partial charge in [0.2, 0.25) is 5.91 Å². The molecule has 2 saturated heterocycles. The molecular weight excluding hydrogens is 378 g/mol. The number of nitrogens with zero attached hydrogens (tertiary/aromatic N) is 5. The summed E-state index contributed by atoms with van der Waals surface area (Å²) in [6.07, 6.45) is 6.98. The van der Waals surface area contributed by atoms with Gasteiger partial charge in [-0.1, -0.05) is 0 Å². The van der Waals surface area contributed by atoms with E-state index in [4.69, 9.17) is 0 Å². The van der Waals surface area contributed by atoms with Crippen molar-refractivity contribution in [1.29, 1.82) is 0 Å². The zero-order valence-electron chi connectivity index (χ0n) is 17.8. The highest BCUT2D eigenvalue weighted by Crippen LogP contribution is 2.30. The molecule has 1 saturated carbocycles. The van der Waals surface area contributed by atoms with E-state index in [0.29, 0.717) is 23.8 Å². The van der Waals surface area contributed by atoms with Gasteiger partial charge in [0.25, 0.3) is 5.56 Å². The molecule has 30 heavy (non-hydrogen) atoms. The number of likely N-dealkylation sites (tertiary alicyclic amines) is 1. The molecule has 3 aliphatic rings. The van der Waals surface area contributed by atoms with Crippen LogP contribution < -0.4 is 10.5 Å². The van der Waals surface area contributed by atoms with Gasteiger partial charge in [0.05, 0.1) is 17.2 Å². The van der Waals surface area contributed by atoms with Gasteiger partial charge in [-0.15, -0.1) is 0 Å². The van der Waals surface area contributed by atoms with E-state index in [1.807, 2.05) is 18.0 Å². The molecule has 0 bridgehead atoms. The number of likely N-dealkylation sites (N-methyl/N-ethyl adjacent to an activating group) is 1. The second-order valence-corrected chi connectivity index (χ2v) is 9.19. The van der Waals surface area contributed by atoms with Crippen LogP contribution in [0.2, 0.25) is 0 Å². The number of carbonyl (C=O) groups is 1. The summed E-state index contributed by atoms with van der Waals surface area (Å²) in [6.45, 7) is 5.66. The first-order chi connectivity index (χ1) is 14.6. The van der Waals surface area contributed by atoms with E-state index < -0.39 is 0 Å². The maximum atomic E-state index is 12.7. The van der Waals surface area contributed by atoms with Crippen LogP contribution in [0.25, 0.3) is 10.9 Å². The molecule has 2 aliphatic heterocycles. The molecule has 1 aromatic heterocycles.